The van der Waals surface area contributed by atoms with Crippen molar-refractivity contribution in [2.24, 2.45) is 5.73 Å². The van der Waals surface area contributed by atoms with Crippen molar-refractivity contribution >= 4 is 23.2 Å². The van der Waals surface area contributed by atoms with Gasteiger partial charge in [0.25, 0.3) is 0 Å². The van der Waals surface area contributed by atoms with E-state index in [1.165, 1.54) is 6.07 Å². The molecular weight excluding hydrogens is 312 g/mol. The largest absolute Gasteiger partial charge is 0.487 e. The zero-order valence-electron chi connectivity index (χ0n) is 11.0. The summed E-state index contributed by atoms with van der Waals surface area (Å²) < 4.78 is 19.4. The number of rotatable bonds is 3. The maximum absolute atomic E-state index is 13.9. The second-order valence-electron chi connectivity index (χ2n) is 4.18. The summed E-state index contributed by atoms with van der Waals surface area (Å²) in [5.74, 6) is 5.46. The van der Waals surface area contributed by atoms with Gasteiger partial charge in [-0.3, -0.25) is 0 Å². The first-order chi connectivity index (χ1) is 10.1. The molecule has 0 aliphatic carbocycles. The third-order valence-corrected chi connectivity index (χ3v) is 3.21. The van der Waals surface area contributed by atoms with Crippen LogP contribution in [0.1, 0.15) is 11.1 Å². The minimum absolute atomic E-state index is 0.0521. The lowest BCUT2D eigenvalue weighted by molar-refractivity contribution is 0.300. The van der Waals surface area contributed by atoms with Crippen LogP contribution >= 0.6 is 23.2 Å². The zero-order chi connectivity index (χ0) is 15.2. The molecule has 2 aromatic carbocycles. The Kier molecular flexibility index (Phi) is 5.46. The molecule has 0 atom stereocenters. The van der Waals surface area contributed by atoms with Crippen molar-refractivity contribution in [2.75, 3.05) is 6.54 Å². The highest BCUT2D eigenvalue weighted by Gasteiger charge is 2.07. The van der Waals surface area contributed by atoms with E-state index in [0.717, 1.165) is 0 Å². The summed E-state index contributed by atoms with van der Waals surface area (Å²) >= 11 is 11.8. The second-order valence-corrected chi connectivity index (χ2v) is 5.02. The highest BCUT2D eigenvalue weighted by Crippen LogP contribution is 2.28. The lowest BCUT2D eigenvalue weighted by Gasteiger charge is -2.09. The van der Waals surface area contributed by atoms with E-state index in [4.69, 9.17) is 33.7 Å². The molecule has 0 aliphatic rings. The predicted molar refractivity (Wildman–Crippen MR) is 83.1 cm³/mol. The van der Waals surface area contributed by atoms with Crippen molar-refractivity contribution in [3.05, 3.63) is 63.4 Å². The Bertz CT molecular complexity index is 707. The summed E-state index contributed by atoms with van der Waals surface area (Å²) in [7, 11) is 0. The van der Waals surface area contributed by atoms with Crippen LogP contribution in [0.5, 0.6) is 5.75 Å². The molecule has 0 amide bonds. The molecule has 108 valence electrons. The van der Waals surface area contributed by atoms with E-state index in [0.29, 0.717) is 26.9 Å². The van der Waals surface area contributed by atoms with Gasteiger partial charge in [0.2, 0.25) is 0 Å². The first-order valence-corrected chi connectivity index (χ1v) is 6.91. The van der Waals surface area contributed by atoms with Gasteiger partial charge in [0.15, 0.2) is 0 Å². The van der Waals surface area contributed by atoms with Crippen LogP contribution < -0.4 is 10.5 Å². The van der Waals surface area contributed by atoms with Gasteiger partial charge < -0.3 is 10.5 Å². The highest BCUT2D eigenvalue weighted by molar-refractivity contribution is 6.34. The van der Waals surface area contributed by atoms with Gasteiger partial charge in [-0.1, -0.05) is 41.1 Å². The van der Waals surface area contributed by atoms with Crippen LogP contribution in [0.4, 0.5) is 4.39 Å². The Morgan fingerprint density at radius 2 is 1.95 bits per heavy atom. The van der Waals surface area contributed by atoms with Crippen LogP contribution in [0, 0.1) is 17.7 Å². The van der Waals surface area contributed by atoms with E-state index < -0.39 is 5.82 Å². The third-order valence-electron chi connectivity index (χ3n) is 2.66. The number of hydrogen-bond donors (Lipinski definition) is 1. The molecule has 0 aromatic heterocycles. The minimum Gasteiger partial charge on any atom is -0.487 e. The molecule has 2 nitrogen and oxygen atoms in total. The standard InChI is InChI=1S/C16H12Cl2FNO/c17-13-5-6-14(18)16(9-13)21-10-12-4-3-11(2-1-7-20)8-15(12)19/h3-6,8-9H,7,10,20H2. The smallest absolute Gasteiger partial charge is 0.139 e. The number of halogens is 3. The number of benzene rings is 2. The fraction of sp³-hybridized carbons (Fsp3) is 0.125. The van der Waals surface area contributed by atoms with Gasteiger partial charge in [0.1, 0.15) is 18.2 Å². The molecule has 0 aliphatic heterocycles. The minimum atomic E-state index is -0.392. The van der Waals surface area contributed by atoms with Crippen LogP contribution in [-0.2, 0) is 6.61 Å². The normalized spacial score (nSPS) is 9.90. The van der Waals surface area contributed by atoms with Gasteiger partial charge in [0.05, 0.1) is 11.6 Å². The van der Waals surface area contributed by atoms with Crippen molar-refractivity contribution in [2.45, 2.75) is 6.61 Å². The molecule has 0 saturated heterocycles. The van der Waals surface area contributed by atoms with E-state index in [9.17, 15) is 4.39 Å². The molecule has 0 unspecified atom stereocenters. The molecule has 2 rings (SSSR count). The molecule has 21 heavy (non-hydrogen) atoms. The monoisotopic (exact) mass is 323 g/mol. The Hall–Kier alpha value is -1.73. The lowest BCUT2D eigenvalue weighted by Crippen LogP contribution is -1.99. The Labute approximate surface area is 132 Å². The molecule has 0 radical (unpaired) electrons. The van der Waals surface area contributed by atoms with Crippen LogP contribution in [0.2, 0.25) is 10.0 Å². The van der Waals surface area contributed by atoms with Crippen molar-refractivity contribution in [3.63, 3.8) is 0 Å². The second kappa shape index (κ2) is 7.33. The summed E-state index contributed by atoms with van der Waals surface area (Å²) in [4.78, 5) is 0. The van der Waals surface area contributed by atoms with E-state index in [1.807, 2.05) is 0 Å². The van der Waals surface area contributed by atoms with Crippen molar-refractivity contribution in [1.82, 2.24) is 0 Å². The highest BCUT2D eigenvalue weighted by atomic mass is 35.5. The third kappa shape index (κ3) is 4.37. The molecular formula is C16H12Cl2FNO. The molecule has 0 spiro atoms. The summed E-state index contributed by atoms with van der Waals surface area (Å²) in [6.45, 7) is 0.288. The summed E-state index contributed by atoms with van der Waals surface area (Å²) in [5.41, 5.74) is 6.25. The first kappa shape index (κ1) is 15.7. The molecule has 0 bridgehead atoms. The number of nitrogens with two attached hydrogens (primary N) is 1. The molecule has 0 fully saturated rings. The summed E-state index contributed by atoms with van der Waals surface area (Å²) in [6.07, 6.45) is 0. The van der Waals surface area contributed by atoms with Crippen molar-refractivity contribution < 1.29 is 9.13 Å². The fourth-order valence-corrected chi connectivity index (χ4v) is 1.97. The number of hydrogen-bond acceptors (Lipinski definition) is 2. The van der Waals surface area contributed by atoms with E-state index in [-0.39, 0.29) is 13.2 Å². The van der Waals surface area contributed by atoms with E-state index >= 15 is 0 Å². The van der Waals surface area contributed by atoms with Gasteiger partial charge in [-0.15, -0.1) is 0 Å². The van der Waals surface area contributed by atoms with Crippen LogP contribution in [0.3, 0.4) is 0 Å². The van der Waals surface area contributed by atoms with Gasteiger partial charge in [-0.25, -0.2) is 4.39 Å². The van der Waals surface area contributed by atoms with Crippen LogP contribution in [-0.4, -0.2) is 6.54 Å². The fourth-order valence-electron chi connectivity index (χ4n) is 1.64. The van der Waals surface area contributed by atoms with Gasteiger partial charge in [-0.2, -0.15) is 0 Å². The number of ether oxygens (including phenoxy) is 1. The first-order valence-electron chi connectivity index (χ1n) is 6.15. The molecule has 0 heterocycles. The lowest BCUT2D eigenvalue weighted by atomic mass is 10.1. The Balaban J connectivity index is 2.11. The zero-order valence-corrected chi connectivity index (χ0v) is 12.5. The van der Waals surface area contributed by atoms with Crippen LogP contribution in [0.25, 0.3) is 0 Å². The van der Waals surface area contributed by atoms with Gasteiger partial charge in [0, 0.05) is 22.2 Å². The van der Waals surface area contributed by atoms with Gasteiger partial charge >= 0.3 is 0 Å². The summed E-state index contributed by atoms with van der Waals surface area (Å²) in [6, 6.07) is 9.55. The van der Waals surface area contributed by atoms with E-state index in [1.54, 1.807) is 30.3 Å². The average molecular weight is 324 g/mol. The van der Waals surface area contributed by atoms with Crippen molar-refractivity contribution in [1.29, 1.82) is 0 Å². The maximum atomic E-state index is 13.9. The Morgan fingerprint density at radius 1 is 1.14 bits per heavy atom. The molecule has 2 N–H and O–H groups in total. The quantitative estimate of drug-likeness (QED) is 0.866. The molecule has 0 saturated carbocycles. The predicted octanol–water partition coefficient (Wildman–Crippen LogP) is 4.02. The van der Waals surface area contributed by atoms with E-state index in [2.05, 4.69) is 11.8 Å². The average Bonchev–Trinajstić information content (AvgIpc) is 2.47. The molecule has 2 aromatic rings. The molecule has 5 heteroatoms. The topological polar surface area (TPSA) is 35.2 Å². The van der Waals surface area contributed by atoms with Crippen molar-refractivity contribution in [3.8, 4) is 17.6 Å². The van der Waals surface area contributed by atoms with Gasteiger partial charge in [-0.05, 0) is 24.3 Å². The van der Waals surface area contributed by atoms with Crippen LogP contribution in [0.15, 0.2) is 36.4 Å². The summed E-state index contributed by atoms with van der Waals surface area (Å²) in [5, 5.41) is 0.924. The SMILES string of the molecule is NCC#Cc1ccc(COc2cc(Cl)ccc2Cl)c(F)c1. The Morgan fingerprint density at radius 3 is 2.67 bits per heavy atom. The maximum Gasteiger partial charge on any atom is 0.139 e.